The van der Waals surface area contributed by atoms with Crippen LogP contribution < -0.4 is 5.46 Å². The van der Waals surface area contributed by atoms with Crippen LogP contribution in [-0.2, 0) is 9.31 Å². The number of piperidine rings is 1. The lowest BCUT2D eigenvalue weighted by Crippen LogP contribution is -2.43. The molecular formula is C18H23BF3NO3. The summed E-state index contributed by atoms with van der Waals surface area (Å²) in [7, 11) is -0.798. The van der Waals surface area contributed by atoms with Gasteiger partial charge in [-0.15, -0.1) is 0 Å². The van der Waals surface area contributed by atoms with Gasteiger partial charge in [0.1, 0.15) is 5.82 Å². The number of nitrogens with zero attached hydrogens (tertiary/aromatic N) is 1. The van der Waals surface area contributed by atoms with E-state index in [-0.39, 0.29) is 31.5 Å². The highest BCUT2D eigenvalue weighted by atomic mass is 19.3. The average Bonchev–Trinajstić information content (AvgIpc) is 2.74. The number of hydrogen-bond acceptors (Lipinski definition) is 3. The highest BCUT2D eigenvalue weighted by Gasteiger charge is 2.52. The van der Waals surface area contributed by atoms with Crippen molar-refractivity contribution in [1.29, 1.82) is 0 Å². The van der Waals surface area contributed by atoms with Gasteiger partial charge in [0.25, 0.3) is 11.8 Å². The minimum Gasteiger partial charge on any atom is -0.399 e. The fraction of sp³-hybridized carbons (Fsp3) is 0.611. The number of carbonyl (C=O) groups excluding carboxylic acids is 1. The maximum atomic E-state index is 14.1. The molecule has 8 heteroatoms. The molecule has 0 bridgehead atoms. The minimum absolute atomic E-state index is 0.0474. The molecule has 2 aliphatic rings. The molecule has 3 rings (SSSR count). The molecule has 0 aliphatic carbocycles. The van der Waals surface area contributed by atoms with Crippen molar-refractivity contribution in [1.82, 2.24) is 4.90 Å². The second-order valence-corrected chi connectivity index (χ2v) is 8.01. The molecule has 26 heavy (non-hydrogen) atoms. The Morgan fingerprint density at radius 1 is 1.04 bits per heavy atom. The summed E-state index contributed by atoms with van der Waals surface area (Å²) in [4.78, 5) is 14.0. The molecule has 1 aromatic carbocycles. The van der Waals surface area contributed by atoms with Gasteiger partial charge in [-0.25, -0.2) is 13.2 Å². The zero-order chi connectivity index (χ0) is 19.3. The first-order valence-corrected chi connectivity index (χ1v) is 8.73. The van der Waals surface area contributed by atoms with E-state index in [0.29, 0.717) is 5.46 Å². The number of amides is 1. The molecule has 0 radical (unpaired) electrons. The van der Waals surface area contributed by atoms with Gasteiger partial charge in [0.15, 0.2) is 0 Å². The van der Waals surface area contributed by atoms with Crippen molar-refractivity contribution in [2.75, 3.05) is 13.1 Å². The lowest BCUT2D eigenvalue weighted by atomic mass is 9.78. The highest BCUT2D eigenvalue weighted by Crippen LogP contribution is 2.36. The number of hydrogen-bond donors (Lipinski definition) is 0. The Morgan fingerprint density at radius 3 is 2.12 bits per heavy atom. The third-order valence-corrected chi connectivity index (χ3v) is 5.47. The molecule has 0 N–H and O–H groups in total. The maximum absolute atomic E-state index is 14.1. The quantitative estimate of drug-likeness (QED) is 0.753. The van der Waals surface area contributed by atoms with Crippen LogP contribution in [0.3, 0.4) is 0 Å². The molecule has 0 atom stereocenters. The molecule has 2 heterocycles. The van der Waals surface area contributed by atoms with Gasteiger partial charge in [0, 0.05) is 31.5 Å². The lowest BCUT2D eigenvalue weighted by molar-refractivity contribution is -0.0494. The van der Waals surface area contributed by atoms with E-state index in [1.807, 2.05) is 27.7 Å². The van der Waals surface area contributed by atoms with Crippen LogP contribution in [0.2, 0.25) is 0 Å². The van der Waals surface area contributed by atoms with E-state index in [2.05, 4.69) is 0 Å². The summed E-state index contributed by atoms with van der Waals surface area (Å²) in [6, 6.07) is 3.90. The number of likely N-dealkylation sites (tertiary alicyclic amines) is 1. The Balaban J connectivity index is 1.82. The summed E-state index contributed by atoms with van der Waals surface area (Å²) in [5.74, 6) is -3.80. The average molecular weight is 369 g/mol. The van der Waals surface area contributed by atoms with E-state index in [1.54, 1.807) is 0 Å². The van der Waals surface area contributed by atoms with Crippen LogP contribution in [0, 0.1) is 5.82 Å². The molecule has 0 saturated carbocycles. The molecule has 2 saturated heterocycles. The Morgan fingerprint density at radius 2 is 1.58 bits per heavy atom. The van der Waals surface area contributed by atoms with Crippen LogP contribution >= 0.6 is 0 Å². The van der Waals surface area contributed by atoms with Crippen molar-refractivity contribution >= 4 is 18.5 Å². The molecule has 4 nitrogen and oxygen atoms in total. The van der Waals surface area contributed by atoms with Crippen LogP contribution in [0.15, 0.2) is 18.2 Å². The van der Waals surface area contributed by atoms with Crippen LogP contribution in [0.1, 0.15) is 50.9 Å². The summed E-state index contributed by atoms with van der Waals surface area (Å²) in [5, 5.41) is 0. The Labute approximate surface area is 151 Å². The molecule has 1 aromatic rings. The normalized spacial score (nSPS) is 24.0. The molecule has 2 aliphatic heterocycles. The number of halogens is 3. The number of carbonyl (C=O) groups is 1. The van der Waals surface area contributed by atoms with Gasteiger partial charge in [-0.2, -0.15) is 0 Å². The second kappa shape index (κ2) is 6.27. The van der Waals surface area contributed by atoms with Gasteiger partial charge >= 0.3 is 7.12 Å². The van der Waals surface area contributed by atoms with E-state index < -0.39 is 36.0 Å². The Bertz CT molecular complexity index is 698. The van der Waals surface area contributed by atoms with Gasteiger partial charge in [-0.05, 0) is 51.4 Å². The van der Waals surface area contributed by atoms with Crippen LogP contribution in [0.4, 0.5) is 13.2 Å². The van der Waals surface area contributed by atoms with Crippen LogP contribution in [0.25, 0.3) is 0 Å². The molecule has 0 spiro atoms. The predicted molar refractivity (Wildman–Crippen MR) is 92.2 cm³/mol. The number of benzene rings is 1. The third-order valence-electron chi connectivity index (χ3n) is 5.47. The third kappa shape index (κ3) is 3.62. The van der Waals surface area contributed by atoms with Crippen molar-refractivity contribution in [3.05, 3.63) is 29.6 Å². The van der Waals surface area contributed by atoms with Gasteiger partial charge < -0.3 is 14.2 Å². The summed E-state index contributed by atoms with van der Waals surface area (Å²) < 4.78 is 52.5. The Hall–Kier alpha value is -1.54. The van der Waals surface area contributed by atoms with E-state index in [4.69, 9.17) is 9.31 Å². The summed E-state index contributed by atoms with van der Waals surface area (Å²) in [6.07, 6.45) is -0.754. The SMILES string of the molecule is CC1(C)OB(c2cc(F)cc(C(=O)N3CCC(F)(F)CC3)c2)OC1(C)C. The molecule has 2 fully saturated rings. The second-order valence-electron chi connectivity index (χ2n) is 8.01. The summed E-state index contributed by atoms with van der Waals surface area (Å²) >= 11 is 0. The fourth-order valence-corrected chi connectivity index (χ4v) is 3.07. The minimum atomic E-state index is -2.74. The molecule has 0 unspecified atom stereocenters. The standard InChI is InChI=1S/C18H23BF3NO3/c1-16(2)17(3,4)26-19(25-16)13-9-12(10-14(20)11-13)15(24)23-7-5-18(21,22)6-8-23/h9-11H,5-8H2,1-4H3. The monoisotopic (exact) mass is 369 g/mol. The van der Waals surface area contributed by atoms with Gasteiger partial charge in [0.05, 0.1) is 11.2 Å². The van der Waals surface area contributed by atoms with Crippen LogP contribution in [0.5, 0.6) is 0 Å². The topological polar surface area (TPSA) is 38.8 Å². The molecular weight excluding hydrogens is 346 g/mol. The van der Waals surface area contributed by atoms with E-state index >= 15 is 0 Å². The smallest absolute Gasteiger partial charge is 0.399 e. The largest absolute Gasteiger partial charge is 0.494 e. The fourth-order valence-electron chi connectivity index (χ4n) is 3.07. The van der Waals surface area contributed by atoms with Gasteiger partial charge in [-0.3, -0.25) is 4.79 Å². The number of rotatable bonds is 2. The van der Waals surface area contributed by atoms with Crippen molar-refractivity contribution in [3.8, 4) is 0 Å². The number of alkyl halides is 2. The summed E-state index contributed by atoms with van der Waals surface area (Å²) in [6.45, 7) is 7.43. The first-order chi connectivity index (χ1) is 11.9. The van der Waals surface area contributed by atoms with Gasteiger partial charge in [-0.1, -0.05) is 0 Å². The molecule has 1 amide bonds. The van der Waals surface area contributed by atoms with Crippen molar-refractivity contribution in [2.45, 2.75) is 57.7 Å². The zero-order valence-corrected chi connectivity index (χ0v) is 15.4. The van der Waals surface area contributed by atoms with Crippen LogP contribution in [-0.4, -0.2) is 48.1 Å². The van der Waals surface area contributed by atoms with E-state index in [1.165, 1.54) is 17.0 Å². The predicted octanol–water partition coefficient (Wildman–Crippen LogP) is 3.00. The lowest BCUT2D eigenvalue weighted by Gasteiger charge is -2.32. The van der Waals surface area contributed by atoms with Crippen molar-refractivity contribution in [2.24, 2.45) is 0 Å². The first kappa shape index (κ1) is 19.2. The van der Waals surface area contributed by atoms with Crippen molar-refractivity contribution < 1.29 is 27.3 Å². The van der Waals surface area contributed by atoms with E-state index in [0.717, 1.165) is 6.07 Å². The van der Waals surface area contributed by atoms with E-state index in [9.17, 15) is 18.0 Å². The summed E-state index contributed by atoms with van der Waals surface area (Å²) in [5.41, 5.74) is -0.673. The van der Waals surface area contributed by atoms with Crippen molar-refractivity contribution in [3.63, 3.8) is 0 Å². The Kier molecular flexibility index (Phi) is 4.64. The molecule has 0 aromatic heterocycles. The first-order valence-electron chi connectivity index (χ1n) is 8.73. The zero-order valence-electron chi connectivity index (χ0n) is 15.4. The van der Waals surface area contributed by atoms with Gasteiger partial charge in [0.2, 0.25) is 0 Å². The maximum Gasteiger partial charge on any atom is 0.494 e. The highest BCUT2D eigenvalue weighted by molar-refractivity contribution is 6.62. The molecule has 142 valence electrons.